The SMILES string of the molecule is CC(C)(C)NC(=O)CN1CCN(C(=O)c2cccc(C(N)=O)c2)CC1. The number of primary amides is 1. The summed E-state index contributed by atoms with van der Waals surface area (Å²) in [5, 5.41) is 2.94. The van der Waals surface area contributed by atoms with E-state index in [0.717, 1.165) is 0 Å². The van der Waals surface area contributed by atoms with E-state index in [2.05, 4.69) is 5.32 Å². The van der Waals surface area contributed by atoms with E-state index in [9.17, 15) is 14.4 Å². The van der Waals surface area contributed by atoms with Crippen LogP contribution in [-0.4, -0.2) is 65.8 Å². The van der Waals surface area contributed by atoms with Gasteiger partial charge in [-0.15, -0.1) is 0 Å². The molecular weight excluding hydrogens is 320 g/mol. The standard InChI is InChI=1S/C18H26N4O3/c1-18(2,3)20-15(23)12-21-7-9-22(10-8-21)17(25)14-6-4-5-13(11-14)16(19)24/h4-6,11H,7-10,12H2,1-3H3,(H2,19,24)(H,20,23). The maximum absolute atomic E-state index is 12.6. The number of nitrogens with two attached hydrogens (primary N) is 1. The molecule has 0 aliphatic carbocycles. The second kappa shape index (κ2) is 7.65. The molecule has 1 saturated heterocycles. The predicted octanol–water partition coefficient (Wildman–Crippen LogP) is 0.458. The molecule has 0 saturated carbocycles. The van der Waals surface area contributed by atoms with Gasteiger partial charge in [-0.2, -0.15) is 0 Å². The van der Waals surface area contributed by atoms with Gasteiger partial charge in [-0.25, -0.2) is 0 Å². The third-order valence-corrected chi connectivity index (χ3v) is 3.94. The summed E-state index contributed by atoms with van der Waals surface area (Å²) in [5.74, 6) is -0.687. The topological polar surface area (TPSA) is 95.7 Å². The zero-order valence-electron chi connectivity index (χ0n) is 15.0. The van der Waals surface area contributed by atoms with Crippen LogP contribution in [0.4, 0.5) is 0 Å². The molecule has 1 aromatic rings. The second-order valence-corrected chi connectivity index (χ2v) is 7.31. The molecule has 3 amide bonds. The van der Waals surface area contributed by atoms with Gasteiger partial charge in [0.2, 0.25) is 11.8 Å². The smallest absolute Gasteiger partial charge is 0.253 e. The minimum absolute atomic E-state index is 0.0126. The molecule has 136 valence electrons. The molecule has 1 aromatic carbocycles. The monoisotopic (exact) mass is 346 g/mol. The highest BCUT2D eigenvalue weighted by atomic mass is 16.2. The molecule has 0 bridgehead atoms. The van der Waals surface area contributed by atoms with Gasteiger partial charge in [0.25, 0.3) is 5.91 Å². The molecule has 7 nitrogen and oxygen atoms in total. The van der Waals surface area contributed by atoms with Crippen molar-refractivity contribution in [3.8, 4) is 0 Å². The molecule has 1 heterocycles. The summed E-state index contributed by atoms with van der Waals surface area (Å²) in [6, 6.07) is 6.44. The van der Waals surface area contributed by atoms with Gasteiger partial charge in [-0.3, -0.25) is 19.3 Å². The average molecular weight is 346 g/mol. The molecule has 3 N–H and O–H groups in total. The van der Waals surface area contributed by atoms with Crippen LogP contribution in [0.1, 0.15) is 41.5 Å². The van der Waals surface area contributed by atoms with Gasteiger partial charge in [0.1, 0.15) is 0 Å². The number of amides is 3. The summed E-state index contributed by atoms with van der Waals surface area (Å²) in [5.41, 5.74) is 5.79. The van der Waals surface area contributed by atoms with Crippen molar-refractivity contribution in [2.75, 3.05) is 32.7 Å². The van der Waals surface area contributed by atoms with E-state index >= 15 is 0 Å². The Balaban J connectivity index is 1.89. The number of carbonyl (C=O) groups excluding carboxylic acids is 3. The van der Waals surface area contributed by atoms with E-state index in [1.807, 2.05) is 25.7 Å². The first kappa shape index (κ1) is 18.9. The number of hydrogen-bond donors (Lipinski definition) is 2. The van der Waals surface area contributed by atoms with Crippen molar-refractivity contribution in [1.82, 2.24) is 15.1 Å². The van der Waals surface area contributed by atoms with Crippen LogP contribution in [0.25, 0.3) is 0 Å². The zero-order chi connectivity index (χ0) is 18.6. The minimum atomic E-state index is -0.552. The van der Waals surface area contributed by atoms with Crippen LogP contribution < -0.4 is 11.1 Å². The van der Waals surface area contributed by atoms with Crippen molar-refractivity contribution in [2.24, 2.45) is 5.73 Å². The summed E-state index contributed by atoms with van der Waals surface area (Å²) < 4.78 is 0. The van der Waals surface area contributed by atoms with E-state index in [-0.39, 0.29) is 17.4 Å². The van der Waals surface area contributed by atoms with Crippen LogP contribution in [0.3, 0.4) is 0 Å². The average Bonchev–Trinajstić information content (AvgIpc) is 2.53. The molecule has 0 radical (unpaired) electrons. The Hall–Kier alpha value is -2.41. The lowest BCUT2D eigenvalue weighted by Crippen LogP contribution is -2.52. The highest BCUT2D eigenvalue weighted by molar-refractivity contribution is 5.99. The summed E-state index contributed by atoms with van der Waals surface area (Å²) in [6.45, 7) is 8.53. The quantitative estimate of drug-likeness (QED) is 0.828. The van der Waals surface area contributed by atoms with Crippen molar-refractivity contribution in [2.45, 2.75) is 26.3 Å². The Morgan fingerprint density at radius 2 is 1.68 bits per heavy atom. The van der Waals surface area contributed by atoms with Crippen molar-refractivity contribution in [3.63, 3.8) is 0 Å². The van der Waals surface area contributed by atoms with Crippen molar-refractivity contribution < 1.29 is 14.4 Å². The number of benzene rings is 1. The maximum atomic E-state index is 12.6. The molecule has 1 fully saturated rings. The third kappa shape index (κ3) is 5.56. The number of hydrogen-bond acceptors (Lipinski definition) is 4. The lowest BCUT2D eigenvalue weighted by atomic mass is 10.1. The highest BCUT2D eigenvalue weighted by Crippen LogP contribution is 2.11. The largest absolute Gasteiger partial charge is 0.366 e. The number of nitrogens with zero attached hydrogens (tertiary/aromatic N) is 2. The Labute approximate surface area is 148 Å². The molecule has 2 rings (SSSR count). The normalized spacial score (nSPS) is 15.7. The van der Waals surface area contributed by atoms with Crippen molar-refractivity contribution >= 4 is 17.7 Å². The van der Waals surface area contributed by atoms with Gasteiger partial charge in [0, 0.05) is 42.8 Å². The maximum Gasteiger partial charge on any atom is 0.253 e. The second-order valence-electron chi connectivity index (χ2n) is 7.31. The fraction of sp³-hybridized carbons (Fsp3) is 0.500. The van der Waals surface area contributed by atoms with Crippen LogP contribution in [0, 0.1) is 0 Å². The molecular formula is C18H26N4O3. The first-order chi connectivity index (χ1) is 11.7. The first-order valence-corrected chi connectivity index (χ1v) is 8.38. The first-order valence-electron chi connectivity index (χ1n) is 8.38. The van der Waals surface area contributed by atoms with Crippen LogP contribution in [0.15, 0.2) is 24.3 Å². The lowest BCUT2D eigenvalue weighted by molar-refractivity contribution is -0.124. The van der Waals surface area contributed by atoms with Crippen LogP contribution >= 0.6 is 0 Å². The molecule has 0 aromatic heterocycles. The Morgan fingerprint density at radius 3 is 2.24 bits per heavy atom. The molecule has 0 atom stereocenters. The number of piperazine rings is 1. The highest BCUT2D eigenvalue weighted by Gasteiger charge is 2.24. The van der Waals surface area contributed by atoms with Crippen molar-refractivity contribution in [1.29, 1.82) is 0 Å². The molecule has 1 aliphatic rings. The molecule has 25 heavy (non-hydrogen) atoms. The van der Waals surface area contributed by atoms with Crippen LogP contribution in [-0.2, 0) is 4.79 Å². The molecule has 1 aliphatic heterocycles. The zero-order valence-corrected chi connectivity index (χ0v) is 15.0. The van der Waals surface area contributed by atoms with Gasteiger partial charge < -0.3 is 16.0 Å². The van der Waals surface area contributed by atoms with E-state index in [1.54, 1.807) is 23.1 Å². The van der Waals surface area contributed by atoms with E-state index in [1.165, 1.54) is 6.07 Å². The van der Waals surface area contributed by atoms with Gasteiger partial charge in [-0.1, -0.05) is 6.07 Å². The number of nitrogens with one attached hydrogen (secondary N) is 1. The fourth-order valence-corrected chi connectivity index (χ4v) is 2.76. The van der Waals surface area contributed by atoms with Gasteiger partial charge >= 0.3 is 0 Å². The molecule has 0 spiro atoms. The molecule has 7 heteroatoms. The van der Waals surface area contributed by atoms with E-state index < -0.39 is 5.91 Å². The summed E-state index contributed by atoms with van der Waals surface area (Å²) in [6.07, 6.45) is 0. The van der Waals surface area contributed by atoms with E-state index in [4.69, 9.17) is 5.73 Å². The fourth-order valence-electron chi connectivity index (χ4n) is 2.76. The Bertz CT molecular complexity index is 659. The van der Waals surface area contributed by atoms with Gasteiger partial charge in [-0.05, 0) is 39.0 Å². The van der Waals surface area contributed by atoms with Crippen molar-refractivity contribution in [3.05, 3.63) is 35.4 Å². The number of rotatable bonds is 4. The number of carbonyl (C=O) groups is 3. The van der Waals surface area contributed by atoms with Crippen LogP contribution in [0.5, 0.6) is 0 Å². The lowest BCUT2D eigenvalue weighted by Gasteiger charge is -2.35. The predicted molar refractivity (Wildman–Crippen MR) is 95.2 cm³/mol. The minimum Gasteiger partial charge on any atom is -0.366 e. The molecule has 0 unspecified atom stereocenters. The Kier molecular flexibility index (Phi) is 5.79. The summed E-state index contributed by atoms with van der Waals surface area (Å²) in [4.78, 5) is 39.6. The summed E-state index contributed by atoms with van der Waals surface area (Å²) in [7, 11) is 0. The third-order valence-electron chi connectivity index (χ3n) is 3.94. The van der Waals surface area contributed by atoms with Crippen LogP contribution in [0.2, 0.25) is 0 Å². The van der Waals surface area contributed by atoms with Gasteiger partial charge in [0.15, 0.2) is 0 Å². The van der Waals surface area contributed by atoms with E-state index in [0.29, 0.717) is 43.9 Å². The summed E-state index contributed by atoms with van der Waals surface area (Å²) >= 11 is 0. The Morgan fingerprint density at radius 1 is 1.08 bits per heavy atom. The van der Waals surface area contributed by atoms with Gasteiger partial charge in [0.05, 0.1) is 6.54 Å².